The molecule has 5 nitrogen and oxygen atoms in total. The number of anilines is 1. The first-order chi connectivity index (χ1) is 10.3. The summed E-state index contributed by atoms with van der Waals surface area (Å²) in [6, 6.07) is 2.61. The minimum Gasteiger partial charge on any atom is -0.493 e. The standard InChI is InChI=1S/C16H25N3O2/c1-20-14-9-11-10-18-8-5-13(11)15(16(14)21-2)19-12-3-6-17-7-4-12/h9,12,17-19H,3-8,10H2,1-2H3. The minimum absolute atomic E-state index is 0.506. The Kier molecular flexibility index (Phi) is 4.51. The van der Waals surface area contributed by atoms with E-state index >= 15 is 0 Å². The van der Waals surface area contributed by atoms with Crippen molar-refractivity contribution in [2.45, 2.75) is 31.8 Å². The van der Waals surface area contributed by atoms with E-state index in [1.807, 2.05) is 0 Å². The Morgan fingerprint density at radius 1 is 1.10 bits per heavy atom. The zero-order valence-electron chi connectivity index (χ0n) is 12.9. The first-order valence-corrected chi connectivity index (χ1v) is 7.78. The van der Waals surface area contributed by atoms with Crippen molar-refractivity contribution in [1.29, 1.82) is 0 Å². The van der Waals surface area contributed by atoms with Gasteiger partial charge in [0.1, 0.15) is 0 Å². The Morgan fingerprint density at radius 2 is 1.90 bits per heavy atom. The number of rotatable bonds is 4. The van der Waals surface area contributed by atoms with Crippen molar-refractivity contribution in [3.8, 4) is 11.5 Å². The number of fused-ring (bicyclic) bond motifs is 1. The number of benzene rings is 1. The zero-order valence-corrected chi connectivity index (χ0v) is 12.9. The molecule has 21 heavy (non-hydrogen) atoms. The SMILES string of the molecule is COc1cc2c(c(NC3CCNCC3)c1OC)CCNC2. The van der Waals surface area contributed by atoms with Gasteiger partial charge in [-0.1, -0.05) is 0 Å². The van der Waals surface area contributed by atoms with Crippen LogP contribution in [0.3, 0.4) is 0 Å². The molecule has 5 heteroatoms. The fourth-order valence-corrected chi connectivity index (χ4v) is 3.29. The van der Waals surface area contributed by atoms with Gasteiger partial charge in [-0.3, -0.25) is 0 Å². The Morgan fingerprint density at radius 3 is 2.62 bits per heavy atom. The molecule has 0 atom stereocenters. The van der Waals surface area contributed by atoms with Gasteiger partial charge in [0, 0.05) is 12.6 Å². The molecule has 3 rings (SSSR count). The summed E-state index contributed by atoms with van der Waals surface area (Å²) >= 11 is 0. The normalized spacial score (nSPS) is 19.0. The van der Waals surface area contributed by atoms with Crippen molar-refractivity contribution in [3.05, 3.63) is 17.2 Å². The first-order valence-electron chi connectivity index (χ1n) is 7.78. The highest BCUT2D eigenvalue weighted by Gasteiger charge is 2.24. The molecule has 1 aromatic rings. The van der Waals surface area contributed by atoms with Gasteiger partial charge in [-0.15, -0.1) is 0 Å². The molecule has 1 aromatic carbocycles. The molecular weight excluding hydrogens is 266 g/mol. The average Bonchev–Trinajstić information content (AvgIpc) is 2.55. The van der Waals surface area contributed by atoms with Crippen molar-refractivity contribution in [2.75, 3.05) is 39.2 Å². The van der Waals surface area contributed by atoms with Crippen molar-refractivity contribution in [2.24, 2.45) is 0 Å². The average molecular weight is 291 g/mol. The highest BCUT2D eigenvalue weighted by Crippen LogP contribution is 2.42. The van der Waals surface area contributed by atoms with E-state index in [9.17, 15) is 0 Å². The van der Waals surface area contributed by atoms with Crippen LogP contribution < -0.4 is 25.4 Å². The smallest absolute Gasteiger partial charge is 0.184 e. The Hall–Kier alpha value is -1.46. The van der Waals surface area contributed by atoms with Crippen LogP contribution >= 0.6 is 0 Å². The molecule has 2 aliphatic heterocycles. The summed E-state index contributed by atoms with van der Waals surface area (Å²) in [5.41, 5.74) is 3.83. The van der Waals surface area contributed by atoms with Gasteiger partial charge in [-0.05, 0) is 56.1 Å². The summed E-state index contributed by atoms with van der Waals surface area (Å²) in [5.74, 6) is 1.66. The van der Waals surface area contributed by atoms with Crippen molar-refractivity contribution >= 4 is 5.69 Å². The van der Waals surface area contributed by atoms with E-state index in [2.05, 4.69) is 22.0 Å². The van der Waals surface area contributed by atoms with E-state index < -0.39 is 0 Å². The molecule has 0 unspecified atom stereocenters. The van der Waals surface area contributed by atoms with Crippen LogP contribution in [0.4, 0.5) is 5.69 Å². The van der Waals surface area contributed by atoms with E-state index in [0.29, 0.717) is 6.04 Å². The third-order valence-electron chi connectivity index (χ3n) is 4.42. The lowest BCUT2D eigenvalue weighted by Gasteiger charge is -2.30. The molecule has 0 aliphatic carbocycles. The van der Waals surface area contributed by atoms with Crippen LogP contribution in [0.15, 0.2) is 6.07 Å². The second-order valence-electron chi connectivity index (χ2n) is 5.72. The molecule has 3 N–H and O–H groups in total. The van der Waals surface area contributed by atoms with Crippen molar-refractivity contribution < 1.29 is 9.47 Å². The van der Waals surface area contributed by atoms with Crippen LogP contribution in [0.2, 0.25) is 0 Å². The maximum Gasteiger partial charge on any atom is 0.184 e. The summed E-state index contributed by atoms with van der Waals surface area (Å²) in [4.78, 5) is 0. The highest BCUT2D eigenvalue weighted by molar-refractivity contribution is 5.71. The number of piperidine rings is 1. The molecule has 0 radical (unpaired) electrons. The molecule has 0 bridgehead atoms. The van der Waals surface area contributed by atoms with Crippen LogP contribution in [-0.2, 0) is 13.0 Å². The van der Waals surface area contributed by atoms with E-state index in [4.69, 9.17) is 9.47 Å². The monoisotopic (exact) mass is 291 g/mol. The van der Waals surface area contributed by atoms with Gasteiger partial charge >= 0.3 is 0 Å². The maximum absolute atomic E-state index is 5.65. The van der Waals surface area contributed by atoms with Gasteiger partial charge in [-0.25, -0.2) is 0 Å². The van der Waals surface area contributed by atoms with Gasteiger partial charge in [0.15, 0.2) is 11.5 Å². The number of ether oxygens (including phenoxy) is 2. The van der Waals surface area contributed by atoms with Crippen LogP contribution in [0.25, 0.3) is 0 Å². The van der Waals surface area contributed by atoms with Gasteiger partial charge < -0.3 is 25.4 Å². The summed E-state index contributed by atoms with van der Waals surface area (Å²) in [5, 5.41) is 10.6. The van der Waals surface area contributed by atoms with Gasteiger partial charge in [-0.2, -0.15) is 0 Å². The van der Waals surface area contributed by atoms with E-state index in [1.54, 1.807) is 14.2 Å². The lowest BCUT2D eigenvalue weighted by molar-refractivity contribution is 0.354. The third-order valence-corrected chi connectivity index (χ3v) is 4.42. The Balaban J connectivity index is 1.97. The molecular formula is C16H25N3O2. The van der Waals surface area contributed by atoms with Gasteiger partial charge in [0.2, 0.25) is 0 Å². The third kappa shape index (κ3) is 2.94. The van der Waals surface area contributed by atoms with Crippen molar-refractivity contribution in [1.82, 2.24) is 10.6 Å². The number of nitrogens with one attached hydrogen (secondary N) is 3. The molecule has 0 aromatic heterocycles. The number of hydrogen-bond acceptors (Lipinski definition) is 5. The molecule has 2 heterocycles. The Bertz CT molecular complexity index is 485. The lowest BCUT2D eigenvalue weighted by Crippen LogP contribution is -2.36. The van der Waals surface area contributed by atoms with E-state index in [1.165, 1.54) is 11.1 Å². The van der Waals surface area contributed by atoms with Crippen LogP contribution in [0, 0.1) is 0 Å². The van der Waals surface area contributed by atoms with Crippen LogP contribution in [0.1, 0.15) is 24.0 Å². The molecule has 2 aliphatic rings. The Labute approximate surface area is 126 Å². The number of methoxy groups -OCH3 is 2. The molecule has 116 valence electrons. The zero-order chi connectivity index (χ0) is 14.7. The molecule has 0 amide bonds. The summed E-state index contributed by atoms with van der Waals surface area (Å²) in [7, 11) is 3.42. The summed E-state index contributed by atoms with van der Waals surface area (Å²) in [6.45, 7) is 4.07. The predicted octanol–water partition coefficient (Wildman–Crippen LogP) is 1.51. The molecule has 0 spiro atoms. The lowest BCUT2D eigenvalue weighted by atomic mass is 9.96. The molecule has 1 fully saturated rings. The summed E-state index contributed by atoms with van der Waals surface area (Å²) in [6.07, 6.45) is 3.32. The minimum atomic E-state index is 0.506. The van der Waals surface area contributed by atoms with E-state index in [0.717, 1.165) is 62.6 Å². The second-order valence-corrected chi connectivity index (χ2v) is 5.72. The first kappa shape index (κ1) is 14.5. The maximum atomic E-state index is 5.65. The van der Waals surface area contributed by atoms with Gasteiger partial charge in [0.05, 0.1) is 19.9 Å². The molecule has 1 saturated heterocycles. The topological polar surface area (TPSA) is 54.5 Å². The predicted molar refractivity (Wildman–Crippen MR) is 84.5 cm³/mol. The van der Waals surface area contributed by atoms with E-state index in [-0.39, 0.29) is 0 Å². The fraction of sp³-hybridized carbons (Fsp3) is 0.625. The van der Waals surface area contributed by atoms with Gasteiger partial charge in [0.25, 0.3) is 0 Å². The highest BCUT2D eigenvalue weighted by atomic mass is 16.5. The van der Waals surface area contributed by atoms with Crippen LogP contribution in [0.5, 0.6) is 11.5 Å². The fourth-order valence-electron chi connectivity index (χ4n) is 3.29. The van der Waals surface area contributed by atoms with Crippen LogP contribution in [-0.4, -0.2) is 39.9 Å². The summed E-state index contributed by atoms with van der Waals surface area (Å²) < 4.78 is 11.2. The number of hydrogen-bond donors (Lipinski definition) is 3. The molecule has 0 saturated carbocycles. The largest absolute Gasteiger partial charge is 0.493 e. The quantitative estimate of drug-likeness (QED) is 0.785. The van der Waals surface area contributed by atoms with Crippen molar-refractivity contribution in [3.63, 3.8) is 0 Å². The second kappa shape index (κ2) is 6.54.